The third-order valence-electron chi connectivity index (χ3n) is 2.55. The second-order valence-corrected chi connectivity index (χ2v) is 3.88. The molecule has 6 nitrogen and oxygen atoms in total. The average molecular weight is 237 g/mol. The van der Waals surface area contributed by atoms with Gasteiger partial charge in [0.25, 0.3) is 5.91 Å². The van der Waals surface area contributed by atoms with Crippen molar-refractivity contribution < 1.29 is 9.53 Å². The standard InChI is InChI=1S/C11H15N3O3/c15-10-2-1-8(5-13-10)11(16)14-6-9-7-17-4-3-12-9/h1-2,5,9,12H,3-4,6-7H2,(H,13,15)(H,14,16). The summed E-state index contributed by atoms with van der Waals surface area (Å²) in [6.07, 6.45) is 1.41. The maximum absolute atomic E-state index is 11.7. The lowest BCUT2D eigenvalue weighted by Gasteiger charge is -2.23. The Hall–Kier alpha value is -1.66. The fourth-order valence-corrected chi connectivity index (χ4v) is 1.62. The van der Waals surface area contributed by atoms with E-state index in [0.29, 0.717) is 25.3 Å². The number of morpholine rings is 1. The number of aromatic amines is 1. The van der Waals surface area contributed by atoms with Crippen molar-refractivity contribution >= 4 is 5.91 Å². The number of carbonyl (C=O) groups excluding carboxylic acids is 1. The van der Waals surface area contributed by atoms with E-state index < -0.39 is 0 Å². The van der Waals surface area contributed by atoms with Crippen LogP contribution in [0.1, 0.15) is 10.4 Å². The number of amides is 1. The normalized spacial score (nSPS) is 19.9. The predicted molar refractivity (Wildman–Crippen MR) is 62.0 cm³/mol. The molecule has 0 spiro atoms. The molecule has 0 bridgehead atoms. The fourth-order valence-electron chi connectivity index (χ4n) is 1.62. The zero-order valence-corrected chi connectivity index (χ0v) is 9.36. The van der Waals surface area contributed by atoms with Crippen LogP contribution in [0.25, 0.3) is 0 Å². The lowest BCUT2D eigenvalue weighted by Crippen LogP contribution is -2.48. The number of ether oxygens (including phenoxy) is 1. The summed E-state index contributed by atoms with van der Waals surface area (Å²) in [5.74, 6) is -0.200. The van der Waals surface area contributed by atoms with Crippen molar-refractivity contribution in [3.63, 3.8) is 0 Å². The van der Waals surface area contributed by atoms with Crippen molar-refractivity contribution in [2.45, 2.75) is 6.04 Å². The molecule has 1 aromatic heterocycles. The number of pyridine rings is 1. The summed E-state index contributed by atoms with van der Waals surface area (Å²) >= 11 is 0. The van der Waals surface area contributed by atoms with Gasteiger partial charge in [0.2, 0.25) is 5.56 Å². The highest BCUT2D eigenvalue weighted by molar-refractivity contribution is 5.93. The van der Waals surface area contributed by atoms with Gasteiger partial charge in [-0.25, -0.2) is 0 Å². The Morgan fingerprint density at radius 1 is 1.53 bits per heavy atom. The van der Waals surface area contributed by atoms with Gasteiger partial charge >= 0.3 is 0 Å². The van der Waals surface area contributed by atoms with Gasteiger partial charge in [-0.15, -0.1) is 0 Å². The van der Waals surface area contributed by atoms with Crippen molar-refractivity contribution in [1.29, 1.82) is 0 Å². The summed E-state index contributed by atoms with van der Waals surface area (Å²) in [7, 11) is 0. The molecule has 0 saturated carbocycles. The van der Waals surface area contributed by atoms with Crippen LogP contribution >= 0.6 is 0 Å². The van der Waals surface area contributed by atoms with Gasteiger partial charge in [0.1, 0.15) is 0 Å². The van der Waals surface area contributed by atoms with Gasteiger partial charge in [-0.1, -0.05) is 0 Å². The van der Waals surface area contributed by atoms with Crippen molar-refractivity contribution in [3.8, 4) is 0 Å². The Morgan fingerprint density at radius 2 is 2.41 bits per heavy atom. The number of hydrogen-bond acceptors (Lipinski definition) is 4. The molecule has 1 aliphatic rings. The first-order valence-electron chi connectivity index (χ1n) is 5.54. The third kappa shape index (κ3) is 3.40. The summed E-state index contributed by atoms with van der Waals surface area (Å²) in [5.41, 5.74) is 0.227. The van der Waals surface area contributed by atoms with E-state index in [9.17, 15) is 9.59 Å². The van der Waals surface area contributed by atoms with E-state index in [1.165, 1.54) is 18.3 Å². The summed E-state index contributed by atoms with van der Waals surface area (Å²) in [6.45, 7) is 2.63. The van der Waals surface area contributed by atoms with Crippen LogP contribution in [0.5, 0.6) is 0 Å². The first-order chi connectivity index (χ1) is 8.25. The van der Waals surface area contributed by atoms with Gasteiger partial charge < -0.3 is 20.4 Å². The number of carbonyl (C=O) groups is 1. The highest BCUT2D eigenvalue weighted by Crippen LogP contribution is 1.95. The van der Waals surface area contributed by atoms with E-state index in [0.717, 1.165) is 6.54 Å². The Labute approximate surface area is 98.4 Å². The fraction of sp³-hybridized carbons (Fsp3) is 0.455. The summed E-state index contributed by atoms with van der Waals surface area (Å²) in [6, 6.07) is 2.98. The molecule has 0 radical (unpaired) electrons. The number of hydrogen-bond donors (Lipinski definition) is 3. The Morgan fingerprint density at radius 3 is 3.06 bits per heavy atom. The van der Waals surface area contributed by atoms with E-state index in [1.54, 1.807) is 0 Å². The first-order valence-corrected chi connectivity index (χ1v) is 5.54. The molecule has 1 atom stereocenters. The molecular formula is C11H15N3O3. The number of rotatable bonds is 3. The topological polar surface area (TPSA) is 83.2 Å². The van der Waals surface area contributed by atoms with Crippen LogP contribution in [0, 0.1) is 0 Å². The summed E-state index contributed by atoms with van der Waals surface area (Å²) in [4.78, 5) is 25.0. The molecule has 2 heterocycles. The number of aromatic nitrogens is 1. The summed E-state index contributed by atoms with van der Waals surface area (Å²) < 4.78 is 5.27. The molecule has 0 aromatic carbocycles. The molecule has 6 heteroatoms. The van der Waals surface area contributed by atoms with Gasteiger partial charge in [0.05, 0.1) is 18.8 Å². The highest BCUT2D eigenvalue weighted by atomic mass is 16.5. The molecule has 2 rings (SSSR count). The highest BCUT2D eigenvalue weighted by Gasteiger charge is 2.14. The Kier molecular flexibility index (Phi) is 3.89. The molecule has 1 fully saturated rings. The molecular weight excluding hydrogens is 222 g/mol. The second-order valence-electron chi connectivity index (χ2n) is 3.88. The zero-order valence-electron chi connectivity index (χ0n) is 9.36. The quantitative estimate of drug-likeness (QED) is 0.636. The van der Waals surface area contributed by atoms with E-state index in [2.05, 4.69) is 15.6 Å². The largest absolute Gasteiger partial charge is 0.378 e. The zero-order chi connectivity index (χ0) is 12.1. The second kappa shape index (κ2) is 5.60. The maximum atomic E-state index is 11.7. The van der Waals surface area contributed by atoms with Gasteiger partial charge in [-0.05, 0) is 6.07 Å². The minimum atomic E-state index is -0.219. The van der Waals surface area contributed by atoms with Crippen molar-refractivity contribution in [2.75, 3.05) is 26.3 Å². The Balaban J connectivity index is 1.84. The monoisotopic (exact) mass is 237 g/mol. The lowest BCUT2D eigenvalue weighted by atomic mass is 10.2. The molecule has 92 valence electrons. The smallest absolute Gasteiger partial charge is 0.252 e. The van der Waals surface area contributed by atoms with Gasteiger partial charge in [-0.2, -0.15) is 0 Å². The average Bonchev–Trinajstić information content (AvgIpc) is 2.38. The summed E-state index contributed by atoms with van der Waals surface area (Å²) in [5, 5.41) is 6.02. The van der Waals surface area contributed by atoms with Crippen molar-refractivity contribution in [3.05, 3.63) is 34.2 Å². The minimum Gasteiger partial charge on any atom is -0.378 e. The van der Waals surface area contributed by atoms with Crippen LogP contribution in [0.3, 0.4) is 0 Å². The molecule has 1 aromatic rings. The molecule has 1 unspecified atom stereocenters. The number of nitrogens with one attached hydrogen (secondary N) is 3. The van der Waals surface area contributed by atoms with Crippen LogP contribution in [0.15, 0.2) is 23.1 Å². The minimum absolute atomic E-state index is 0.149. The van der Waals surface area contributed by atoms with Crippen molar-refractivity contribution in [1.82, 2.24) is 15.6 Å². The molecule has 1 aliphatic heterocycles. The molecule has 1 saturated heterocycles. The molecule has 3 N–H and O–H groups in total. The molecule has 1 amide bonds. The predicted octanol–water partition coefficient (Wildman–Crippen LogP) is -0.907. The van der Waals surface area contributed by atoms with Crippen molar-refractivity contribution in [2.24, 2.45) is 0 Å². The number of H-pyrrole nitrogens is 1. The molecule has 0 aliphatic carbocycles. The van der Waals surface area contributed by atoms with E-state index >= 15 is 0 Å². The van der Waals surface area contributed by atoms with E-state index in [4.69, 9.17) is 4.74 Å². The SMILES string of the molecule is O=C(NCC1COCCN1)c1ccc(=O)[nH]c1. The van der Waals surface area contributed by atoms with Gasteiger partial charge in [0, 0.05) is 31.4 Å². The maximum Gasteiger partial charge on any atom is 0.252 e. The van der Waals surface area contributed by atoms with Crippen LogP contribution in [0.4, 0.5) is 0 Å². The van der Waals surface area contributed by atoms with Crippen LogP contribution in [-0.4, -0.2) is 43.2 Å². The van der Waals surface area contributed by atoms with Crippen LogP contribution in [0.2, 0.25) is 0 Å². The first kappa shape index (κ1) is 11.8. The van der Waals surface area contributed by atoms with Gasteiger partial charge in [0.15, 0.2) is 0 Å². The third-order valence-corrected chi connectivity index (χ3v) is 2.55. The van der Waals surface area contributed by atoms with Crippen LogP contribution < -0.4 is 16.2 Å². The molecule has 17 heavy (non-hydrogen) atoms. The van der Waals surface area contributed by atoms with E-state index in [-0.39, 0.29) is 17.5 Å². The Bertz CT molecular complexity index is 417. The van der Waals surface area contributed by atoms with Crippen LogP contribution in [-0.2, 0) is 4.74 Å². The lowest BCUT2D eigenvalue weighted by molar-refractivity contribution is 0.0734. The van der Waals surface area contributed by atoms with Gasteiger partial charge in [-0.3, -0.25) is 9.59 Å². The van der Waals surface area contributed by atoms with E-state index in [1.807, 2.05) is 0 Å².